The van der Waals surface area contributed by atoms with Crippen LogP contribution in [-0.2, 0) is 9.53 Å². The Bertz CT molecular complexity index is 1180. The molecule has 0 N–H and O–H groups in total. The summed E-state index contributed by atoms with van der Waals surface area (Å²) in [6, 6.07) is 24.2. The van der Waals surface area contributed by atoms with Crippen molar-refractivity contribution < 1.29 is 19.1 Å². The van der Waals surface area contributed by atoms with Crippen LogP contribution in [0, 0.1) is 0 Å². The van der Waals surface area contributed by atoms with Crippen molar-refractivity contribution in [2.24, 2.45) is 0 Å². The molecule has 0 saturated heterocycles. The number of methoxy groups -OCH3 is 1. The number of esters is 1. The van der Waals surface area contributed by atoms with E-state index in [9.17, 15) is 9.59 Å². The Morgan fingerprint density at radius 2 is 1.62 bits per heavy atom. The number of nitrogens with zero attached hydrogens (tertiary/aromatic N) is 1. The average Bonchev–Trinajstić information content (AvgIpc) is 3.16. The highest BCUT2D eigenvalue weighted by Crippen LogP contribution is 2.35. The summed E-state index contributed by atoms with van der Waals surface area (Å²) < 4.78 is 10.3. The zero-order valence-electron chi connectivity index (χ0n) is 17.9. The normalized spacial score (nSPS) is 14.4. The van der Waals surface area contributed by atoms with E-state index in [-0.39, 0.29) is 11.9 Å². The van der Waals surface area contributed by atoms with Gasteiger partial charge in [0, 0.05) is 11.3 Å². The molecule has 5 nitrogen and oxygen atoms in total. The number of rotatable bonds is 6. The lowest BCUT2D eigenvalue weighted by molar-refractivity contribution is -0.113. The molecule has 1 amide bonds. The summed E-state index contributed by atoms with van der Waals surface area (Å²) in [5, 5.41) is 0. The molecule has 0 spiro atoms. The summed E-state index contributed by atoms with van der Waals surface area (Å²) in [6.07, 6.45) is 3.75. The van der Waals surface area contributed by atoms with Gasteiger partial charge in [0.1, 0.15) is 5.75 Å². The Kier molecular flexibility index (Phi) is 6.17. The van der Waals surface area contributed by atoms with Crippen LogP contribution in [0.1, 0.15) is 28.4 Å². The first-order chi connectivity index (χ1) is 15.6. The fraction of sp³-hybridized carbons (Fsp3) is 0.111. The quantitative estimate of drug-likeness (QED) is 0.395. The molecule has 0 aromatic heterocycles. The number of carbonyl (C=O) groups excluding carboxylic acids is 2. The maximum absolute atomic E-state index is 13.4. The van der Waals surface area contributed by atoms with Crippen LogP contribution in [-0.4, -0.2) is 25.6 Å². The first-order valence-electron chi connectivity index (χ1n) is 10.3. The van der Waals surface area contributed by atoms with E-state index in [4.69, 9.17) is 9.47 Å². The molecule has 5 heteroatoms. The largest absolute Gasteiger partial charge is 0.497 e. The van der Waals surface area contributed by atoms with E-state index in [1.807, 2.05) is 66.7 Å². The lowest BCUT2D eigenvalue weighted by atomic mass is 10.1. The second-order valence-corrected chi connectivity index (χ2v) is 7.18. The summed E-state index contributed by atoms with van der Waals surface area (Å²) in [5.41, 5.74) is 4.30. The van der Waals surface area contributed by atoms with E-state index in [0.717, 1.165) is 22.6 Å². The highest BCUT2D eigenvalue weighted by atomic mass is 16.5. The summed E-state index contributed by atoms with van der Waals surface area (Å²) in [4.78, 5) is 27.1. The number of amides is 1. The Balaban J connectivity index is 1.72. The minimum absolute atomic E-state index is 0.136. The highest BCUT2D eigenvalue weighted by molar-refractivity contribution is 6.23. The molecule has 0 unspecified atom stereocenters. The third kappa shape index (κ3) is 4.32. The van der Waals surface area contributed by atoms with Gasteiger partial charge in [-0.25, -0.2) is 4.79 Å². The van der Waals surface area contributed by atoms with Crippen molar-refractivity contribution in [1.82, 2.24) is 0 Å². The molecule has 160 valence electrons. The van der Waals surface area contributed by atoms with Gasteiger partial charge >= 0.3 is 5.97 Å². The van der Waals surface area contributed by atoms with Crippen LogP contribution in [0.15, 0.2) is 90.5 Å². The van der Waals surface area contributed by atoms with Gasteiger partial charge in [-0.15, -0.1) is 0 Å². The maximum atomic E-state index is 13.4. The van der Waals surface area contributed by atoms with Gasteiger partial charge in [0.2, 0.25) is 0 Å². The van der Waals surface area contributed by atoms with Gasteiger partial charge in [0.25, 0.3) is 5.91 Å². The van der Waals surface area contributed by atoms with E-state index in [1.54, 1.807) is 43.2 Å². The second kappa shape index (κ2) is 9.35. The second-order valence-electron chi connectivity index (χ2n) is 7.18. The topological polar surface area (TPSA) is 55.8 Å². The van der Waals surface area contributed by atoms with Crippen LogP contribution in [0.25, 0.3) is 11.8 Å². The average molecular weight is 425 g/mol. The first kappa shape index (κ1) is 21.1. The molecule has 0 atom stereocenters. The smallest absolute Gasteiger partial charge is 0.338 e. The number of anilines is 1. The zero-order chi connectivity index (χ0) is 22.5. The van der Waals surface area contributed by atoms with Crippen LogP contribution >= 0.6 is 0 Å². The lowest BCUT2D eigenvalue weighted by Crippen LogP contribution is -2.25. The van der Waals surface area contributed by atoms with Gasteiger partial charge in [-0.05, 0) is 66.6 Å². The molecular formula is C27H23NO4. The summed E-state index contributed by atoms with van der Waals surface area (Å²) in [5.74, 6) is 0.239. The van der Waals surface area contributed by atoms with Crippen LogP contribution in [0.4, 0.5) is 5.69 Å². The van der Waals surface area contributed by atoms with Crippen LogP contribution in [0.2, 0.25) is 0 Å². The number of hydrogen-bond donors (Lipinski definition) is 0. The summed E-state index contributed by atoms with van der Waals surface area (Å²) >= 11 is 0. The van der Waals surface area contributed by atoms with Crippen molar-refractivity contribution in [2.45, 2.75) is 6.92 Å². The molecule has 1 aliphatic heterocycles. The lowest BCUT2D eigenvalue weighted by Gasteiger charge is -2.21. The van der Waals surface area contributed by atoms with Crippen LogP contribution in [0.5, 0.6) is 5.75 Å². The first-order valence-corrected chi connectivity index (χ1v) is 10.3. The molecule has 32 heavy (non-hydrogen) atoms. The van der Waals surface area contributed by atoms with Crippen molar-refractivity contribution in [3.8, 4) is 5.75 Å². The van der Waals surface area contributed by atoms with Crippen molar-refractivity contribution in [3.05, 3.63) is 107 Å². The molecule has 0 aliphatic carbocycles. The number of benzene rings is 3. The van der Waals surface area contributed by atoms with Crippen molar-refractivity contribution >= 4 is 29.3 Å². The fourth-order valence-electron chi connectivity index (χ4n) is 3.53. The Morgan fingerprint density at radius 3 is 2.25 bits per heavy atom. The highest BCUT2D eigenvalue weighted by Gasteiger charge is 2.30. The maximum Gasteiger partial charge on any atom is 0.338 e. The molecular weight excluding hydrogens is 402 g/mol. The monoisotopic (exact) mass is 425 g/mol. The molecule has 4 rings (SSSR count). The Morgan fingerprint density at radius 1 is 0.938 bits per heavy atom. The fourth-order valence-corrected chi connectivity index (χ4v) is 3.53. The van der Waals surface area contributed by atoms with Gasteiger partial charge in [-0.3, -0.25) is 9.69 Å². The third-order valence-electron chi connectivity index (χ3n) is 5.13. The SMILES string of the molecule is CCOC(=O)c1ccc(N2C(=O)/C(=C/c3ccc(OC)cc3)C=C2c2ccccc2)cc1. The molecule has 0 radical (unpaired) electrons. The molecule has 3 aromatic carbocycles. The molecule has 0 fully saturated rings. The molecule has 0 saturated carbocycles. The number of carbonyl (C=O) groups is 2. The van der Waals surface area contributed by atoms with E-state index in [1.165, 1.54) is 0 Å². The van der Waals surface area contributed by atoms with Crippen molar-refractivity contribution in [1.29, 1.82) is 0 Å². The Labute approximate surface area is 187 Å². The van der Waals surface area contributed by atoms with E-state index < -0.39 is 0 Å². The minimum Gasteiger partial charge on any atom is -0.497 e. The van der Waals surface area contributed by atoms with E-state index >= 15 is 0 Å². The third-order valence-corrected chi connectivity index (χ3v) is 5.13. The molecule has 3 aromatic rings. The van der Waals surface area contributed by atoms with Crippen molar-refractivity contribution in [2.75, 3.05) is 18.6 Å². The van der Waals surface area contributed by atoms with Gasteiger partial charge in [0.15, 0.2) is 0 Å². The predicted molar refractivity (Wildman–Crippen MR) is 125 cm³/mol. The van der Waals surface area contributed by atoms with Crippen LogP contribution in [0.3, 0.4) is 0 Å². The number of hydrogen-bond acceptors (Lipinski definition) is 4. The number of ether oxygens (including phenoxy) is 2. The zero-order valence-corrected chi connectivity index (χ0v) is 17.9. The molecule has 1 aliphatic rings. The molecule has 0 bridgehead atoms. The van der Waals surface area contributed by atoms with Gasteiger partial charge in [-0.2, -0.15) is 0 Å². The predicted octanol–water partition coefficient (Wildman–Crippen LogP) is 5.34. The van der Waals surface area contributed by atoms with Gasteiger partial charge < -0.3 is 9.47 Å². The van der Waals surface area contributed by atoms with Gasteiger partial charge in [-0.1, -0.05) is 42.5 Å². The molecule has 1 heterocycles. The summed E-state index contributed by atoms with van der Waals surface area (Å²) in [6.45, 7) is 2.08. The van der Waals surface area contributed by atoms with Gasteiger partial charge in [0.05, 0.1) is 25.0 Å². The minimum atomic E-state index is -0.384. The van der Waals surface area contributed by atoms with E-state index in [0.29, 0.717) is 23.4 Å². The van der Waals surface area contributed by atoms with Crippen LogP contribution < -0.4 is 9.64 Å². The van der Waals surface area contributed by atoms with Crippen molar-refractivity contribution in [3.63, 3.8) is 0 Å². The Hall–Kier alpha value is -4.12. The van der Waals surface area contributed by atoms with E-state index in [2.05, 4.69) is 0 Å². The standard InChI is InChI=1S/C27H23NO4/c1-3-32-27(30)21-11-13-23(14-12-21)28-25(20-7-5-4-6-8-20)18-22(26(28)29)17-19-9-15-24(31-2)16-10-19/h4-18H,3H2,1-2H3/b22-17+. The summed E-state index contributed by atoms with van der Waals surface area (Å²) in [7, 11) is 1.62.